The second-order valence-electron chi connectivity index (χ2n) is 9.07. The SMILES string of the molecule is N#CC1(NC(=O)CSc2nc3sc4c(c3c(=O)n2CC2CCCO2)CCCC4)CCCC1. The molecular weight excluding hydrogens is 444 g/mol. The quantitative estimate of drug-likeness (QED) is 0.510. The maximum absolute atomic E-state index is 13.6. The molecule has 9 heteroatoms. The van der Waals surface area contributed by atoms with Gasteiger partial charge in [-0.2, -0.15) is 5.26 Å². The highest BCUT2D eigenvalue weighted by Gasteiger charge is 2.35. The van der Waals surface area contributed by atoms with Gasteiger partial charge in [0.25, 0.3) is 5.56 Å². The van der Waals surface area contributed by atoms with Crippen molar-refractivity contribution in [1.29, 1.82) is 5.26 Å². The van der Waals surface area contributed by atoms with Crippen molar-refractivity contribution in [3.05, 3.63) is 20.8 Å². The van der Waals surface area contributed by atoms with E-state index in [0.717, 1.165) is 68.2 Å². The van der Waals surface area contributed by atoms with Gasteiger partial charge >= 0.3 is 0 Å². The largest absolute Gasteiger partial charge is 0.376 e. The molecule has 3 aliphatic rings. The Morgan fingerprint density at radius 3 is 2.84 bits per heavy atom. The summed E-state index contributed by atoms with van der Waals surface area (Å²) in [6.45, 7) is 1.20. The third kappa shape index (κ3) is 4.20. The molecule has 5 rings (SSSR count). The summed E-state index contributed by atoms with van der Waals surface area (Å²) >= 11 is 2.92. The average molecular weight is 473 g/mol. The summed E-state index contributed by atoms with van der Waals surface area (Å²) in [5.74, 6) is -0.0419. The Kier molecular flexibility index (Phi) is 6.28. The first-order valence-electron chi connectivity index (χ1n) is 11.6. The molecule has 1 atom stereocenters. The number of aryl methyl sites for hydroxylation is 2. The fraction of sp³-hybridized carbons (Fsp3) is 0.652. The number of thioether (sulfide) groups is 1. The van der Waals surface area contributed by atoms with Crippen molar-refractivity contribution in [3.63, 3.8) is 0 Å². The minimum absolute atomic E-state index is 0.00269. The summed E-state index contributed by atoms with van der Waals surface area (Å²) in [6.07, 6.45) is 9.50. The molecular formula is C23H28N4O3S2. The second kappa shape index (κ2) is 9.16. The Morgan fingerprint density at radius 1 is 1.28 bits per heavy atom. The summed E-state index contributed by atoms with van der Waals surface area (Å²) in [6, 6.07) is 2.30. The van der Waals surface area contributed by atoms with E-state index >= 15 is 0 Å². The number of nitriles is 1. The van der Waals surface area contributed by atoms with Crippen LogP contribution in [0.3, 0.4) is 0 Å². The topological polar surface area (TPSA) is 97.0 Å². The Labute approximate surface area is 195 Å². The Hall–Kier alpha value is -1.89. The minimum Gasteiger partial charge on any atom is -0.376 e. The van der Waals surface area contributed by atoms with Crippen molar-refractivity contribution < 1.29 is 9.53 Å². The molecule has 0 bridgehead atoms. The maximum Gasteiger partial charge on any atom is 0.263 e. The van der Waals surface area contributed by atoms with Gasteiger partial charge in [-0.3, -0.25) is 14.2 Å². The molecule has 0 spiro atoms. The van der Waals surface area contributed by atoms with Gasteiger partial charge in [-0.1, -0.05) is 11.8 Å². The number of ether oxygens (including phenoxy) is 1. The van der Waals surface area contributed by atoms with E-state index < -0.39 is 5.54 Å². The maximum atomic E-state index is 13.6. The van der Waals surface area contributed by atoms with Gasteiger partial charge < -0.3 is 10.1 Å². The predicted octanol–water partition coefficient (Wildman–Crippen LogP) is 3.56. The molecule has 2 aromatic heterocycles. The monoisotopic (exact) mass is 472 g/mol. The van der Waals surface area contributed by atoms with Crippen LogP contribution in [0.4, 0.5) is 0 Å². The molecule has 1 aliphatic heterocycles. The highest BCUT2D eigenvalue weighted by Crippen LogP contribution is 2.35. The second-order valence-corrected chi connectivity index (χ2v) is 11.1. The summed E-state index contributed by atoms with van der Waals surface area (Å²) in [5.41, 5.74) is 0.442. The number of rotatable bonds is 6. The summed E-state index contributed by atoms with van der Waals surface area (Å²) < 4.78 is 7.54. The van der Waals surface area contributed by atoms with Gasteiger partial charge in [0.2, 0.25) is 5.91 Å². The molecule has 0 aromatic carbocycles. The van der Waals surface area contributed by atoms with Crippen molar-refractivity contribution in [1.82, 2.24) is 14.9 Å². The smallest absolute Gasteiger partial charge is 0.263 e. The van der Waals surface area contributed by atoms with Crippen LogP contribution in [0.2, 0.25) is 0 Å². The molecule has 0 radical (unpaired) electrons. The van der Waals surface area contributed by atoms with Gasteiger partial charge in [-0.25, -0.2) is 4.98 Å². The van der Waals surface area contributed by atoms with E-state index in [1.54, 1.807) is 15.9 Å². The van der Waals surface area contributed by atoms with E-state index in [4.69, 9.17) is 9.72 Å². The summed E-state index contributed by atoms with van der Waals surface area (Å²) in [4.78, 5) is 33.2. The van der Waals surface area contributed by atoms with Gasteiger partial charge in [-0.05, 0) is 69.8 Å². The molecule has 7 nitrogen and oxygen atoms in total. The van der Waals surface area contributed by atoms with E-state index in [2.05, 4.69) is 11.4 Å². The van der Waals surface area contributed by atoms with Crippen LogP contribution in [0.1, 0.15) is 61.8 Å². The van der Waals surface area contributed by atoms with Gasteiger partial charge in [0.15, 0.2) is 5.16 Å². The average Bonchev–Trinajstić information content (AvgIpc) is 3.54. The lowest BCUT2D eigenvalue weighted by molar-refractivity contribution is -0.119. The van der Waals surface area contributed by atoms with Crippen LogP contribution in [0, 0.1) is 11.3 Å². The van der Waals surface area contributed by atoms with Crippen molar-refractivity contribution >= 4 is 39.2 Å². The highest BCUT2D eigenvalue weighted by atomic mass is 32.2. The van der Waals surface area contributed by atoms with Crippen molar-refractivity contribution in [2.75, 3.05) is 12.4 Å². The number of hydrogen-bond acceptors (Lipinski definition) is 7. The zero-order chi connectivity index (χ0) is 22.1. The summed E-state index contributed by atoms with van der Waals surface area (Å²) in [5, 5.41) is 13.8. The van der Waals surface area contributed by atoms with E-state index in [1.807, 2.05) is 0 Å². The molecule has 1 N–H and O–H groups in total. The van der Waals surface area contributed by atoms with E-state index in [0.29, 0.717) is 24.5 Å². The van der Waals surface area contributed by atoms with Crippen LogP contribution < -0.4 is 10.9 Å². The molecule has 1 saturated carbocycles. The van der Waals surface area contributed by atoms with Crippen LogP contribution in [-0.4, -0.2) is 39.5 Å². The lowest BCUT2D eigenvalue weighted by atomic mass is 9.97. The van der Waals surface area contributed by atoms with Crippen molar-refractivity contribution in [3.8, 4) is 6.07 Å². The third-order valence-electron chi connectivity index (χ3n) is 6.83. The molecule has 1 amide bonds. The Balaban J connectivity index is 1.43. The van der Waals surface area contributed by atoms with Crippen LogP contribution >= 0.6 is 23.1 Å². The third-order valence-corrected chi connectivity index (χ3v) is 8.99. The van der Waals surface area contributed by atoms with Gasteiger partial charge in [0, 0.05) is 11.5 Å². The van der Waals surface area contributed by atoms with Crippen LogP contribution in [-0.2, 0) is 28.9 Å². The van der Waals surface area contributed by atoms with Crippen LogP contribution in [0.15, 0.2) is 9.95 Å². The van der Waals surface area contributed by atoms with Gasteiger partial charge in [0.05, 0.1) is 29.9 Å². The van der Waals surface area contributed by atoms with Crippen molar-refractivity contribution in [2.24, 2.45) is 0 Å². The molecule has 1 unspecified atom stereocenters. The first kappa shape index (κ1) is 21.9. The fourth-order valence-corrected chi connectivity index (χ4v) is 7.27. The predicted molar refractivity (Wildman–Crippen MR) is 125 cm³/mol. The number of hydrogen-bond donors (Lipinski definition) is 1. The molecule has 1 saturated heterocycles. The number of aromatic nitrogens is 2. The standard InChI is InChI=1S/C23H28N4O3S2/c24-14-23(9-3-4-10-23)26-18(28)13-31-22-25-20-19(16-7-1-2-8-17(16)32-20)21(29)27(22)12-15-6-5-11-30-15/h15H,1-13H2,(H,26,28). The molecule has 2 fully saturated rings. The molecule has 2 aliphatic carbocycles. The zero-order valence-corrected chi connectivity index (χ0v) is 19.8. The van der Waals surface area contributed by atoms with E-state index in [1.165, 1.54) is 22.2 Å². The normalized spacial score (nSPS) is 22.0. The van der Waals surface area contributed by atoms with Crippen molar-refractivity contribution in [2.45, 2.75) is 87.6 Å². The molecule has 2 aromatic rings. The fourth-order valence-electron chi connectivity index (χ4n) is 5.16. The van der Waals surface area contributed by atoms with Crippen LogP contribution in [0.5, 0.6) is 0 Å². The molecule has 32 heavy (non-hydrogen) atoms. The first-order chi connectivity index (χ1) is 15.6. The number of nitrogens with zero attached hydrogens (tertiary/aromatic N) is 3. The minimum atomic E-state index is -0.737. The van der Waals surface area contributed by atoms with Gasteiger partial charge in [0.1, 0.15) is 10.4 Å². The van der Waals surface area contributed by atoms with Gasteiger partial charge in [-0.15, -0.1) is 11.3 Å². The number of nitrogens with one attached hydrogen (secondary N) is 1. The summed E-state index contributed by atoms with van der Waals surface area (Å²) in [7, 11) is 0. The number of thiophene rings is 1. The first-order valence-corrected chi connectivity index (χ1v) is 13.4. The van der Waals surface area contributed by atoms with E-state index in [-0.39, 0.29) is 23.3 Å². The zero-order valence-electron chi connectivity index (χ0n) is 18.2. The lowest BCUT2D eigenvalue weighted by Gasteiger charge is -2.22. The number of fused-ring (bicyclic) bond motifs is 3. The lowest BCUT2D eigenvalue weighted by Crippen LogP contribution is -2.46. The molecule has 170 valence electrons. The van der Waals surface area contributed by atoms with Crippen LogP contribution in [0.25, 0.3) is 10.2 Å². The number of carbonyl (C=O) groups excluding carboxylic acids is 1. The highest BCUT2D eigenvalue weighted by molar-refractivity contribution is 7.99. The number of carbonyl (C=O) groups is 1. The Bertz CT molecular complexity index is 1120. The van der Waals surface area contributed by atoms with E-state index in [9.17, 15) is 14.9 Å². The Morgan fingerprint density at radius 2 is 2.09 bits per heavy atom. The molecule has 3 heterocycles. The number of amides is 1.